The van der Waals surface area contributed by atoms with Gasteiger partial charge in [0.2, 0.25) is 5.91 Å². The minimum Gasteiger partial charge on any atom is -0.375 e. The molecule has 1 aromatic heterocycles. The number of ether oxygens (including phenoxy) is 1. The number of amides is 1. The van der Waals surface area contributed by atoms with Gasteiger partial charge in [-0.1, -0.05) is 0 Å². The van der Waals surface area contributed by atoms with E-state index in [0.717, 1.165) is 18.7 Å². The summed E-state index contributed by atoms with van der Waals surface area (Å²) in [6, 6.07) is 0.814. The molecule has 0 bridgehead atoms. The van der Waals surface area contributed by atoms with E-state index in [1.165, 1.54) is 38.5 Å². The fourth-order valence-electron chi connectivity index (χ4n) is 4.69. The molecule has 0 radical (unpaired) electrons. The largest absolute Gasteiger partial charge is 0.375 e. The van der Waals surface area contributed by atoms with Gasteiger partial charge >= 0.3 is 0 Å². The fraction of sp³-hybridized carbons (Fsp3) is 0.778. The second kappa shape index (κ2) is 6.48. The van der Waals surface area contributed by atoms with Crippen LogP contribution in [0, 0.1) is 0 Å². The van der Waals surface area contributed by atoms with Crippen molar-refractivity contribution in [1.82, 2.24) is 20.2 Å². The van der Waals surface area contributed by atoms with E-state index in [9.17, 15) is 4.79 Å². The summed E-state index contributed by atoms with van der Waals surface area (Å²) in [5.41, 5.74) is 1.26. The maximum absolute atomic E-state index is 11.9. The van der Waals surface area contributed by atoms with Crippen molar-refractivity contribution in [2.75, 3.05) is 6.61 Å². The van der Waals surface area contributed by atoms with Gasteiger partial charge < -0.3 is 19.9 Å². The van der Waals surface area contributed by atoms with E-state index < -0.39 is 0 Å². The molecule has 2 atom stereocenters. The lowest BCUT2D eigenvalue weighted by molar-refractivity contribution is -0.124. The van der Waals surface area contributed by atoms with Crippen molar-refractivity contribution in [1.29, 1.82) is 0 Å². The maximum Gasteiger partial charge on any atom is 0.220 e. The third-order valence-electron chi connectivity index (χ3n) is 6.11. The molecule has 1 aliphatic carbocycles. The molecule has 0 aromatic carbocycles. The first-order valence-electron chi connectivity index (χ1n) is 9.31. The van der Waals surface area contributed by atoms with Crippen LogP contribution in [0.4, 0.5) is 0 Å². The molecule has 2 aliphatic heterocycles. The molecule has 6 nitrogen and oxygen atoms in total. The summed E-state index contributed by atoms with van der Waals surface area (Å²) in [5, 5.41) is 7.00. The highest BCUT2D eigenvalue weighted by molar-refractivity contribution is 5.77. The van der Waals surface area contributed by atoms with Gasteiger partial charge in [-0.15, -0.1) is 0 Å². The predicted octanol–water partition coefficient (Wildman–Crippen LogP) is 1.82. The minimum absolute atomic E-state index is 0.0115. The van der Waals surface area contributed by atoms with Crippen LogP contribution in [0.5, 0.6) is 0 Å². The van der Waals surface area contributed by atoms with Gasteiger partial charge in [0.15, 0.2) is 0 Å². The highest BCUT2D eigenvalue weighted by Crippen LogP contribution is 2.39. The van der Waals surface area contributed by atoms with Gasteiger partial charge in [-0.05, 0) is 44.9 Å². The van der Waals surface area contributed by atoms with Crippen molar-refractivity contribution in [2.45, 2.75) is 75.1 Å². The van der Waals surface area contributed by atoms with Crippen LogP contribution in [0.3, 0.4) is 0 Å². The number of rotatable bonds is 3. The summed E-state index contributed by atoms with van der Waals surface area (Å²) in [6.07, 6.45) is 12.3. The SMILES string of the molecule is Cn1cncc1[C@@H]1NC(=O)CC[C@H]1NC1CCC2(CCCO2)CC1. The lowest BCUT2D eigenvalue weighted by Gasteiger charge is -2.40. The molecule has 3 fully saturated rings. The summed E-state index contributed by atoms with van der Waals surface area (Å²) in [5.74, 6) is 0.140. The molecule has 24 heavy (non-hydrogen) atoms. The van der Waals surface area contributed by atoms with Gasteiger partial charge in [0.1, 0.15) is 0 Å². The lowest BCUT2D eigenvalue weighted by Crippen LogP contribution is -2.53. The molecule has 3 aliphatic rings. The molecule has 2 N–H and O–H groups in total. The Morgan fingerprint density at radius 2 is 2.17 bits per heavy atom. The second-order valence-corrected chi connectivity index (χ2v) is 7.70. The Balaban J connectivity index is 1.41. The number of aryl methyl sites for hydroxylation is 1. The third-order valence-corrected chi connectivity index (χ3v) is 6.11. The number of carbonyl (C=O) groups excluding carboxylic acids is 1. The van der Waals surface area contributed by atoms with Gasteiger partial charge in [-0.3, -0.25) is 4.79 Å². The van der Waals surface area contributed by atoms with Crippen molar-refractivity contribution in [3.8, 4) is 0 Å². The zero-order valence-corrected chi connectivity index (χ0v) is 14.5. The van der Waals surface area contributed by atoms with Gasteiger partial charge in [0.25, 0.3) is 0 Å². The molecule has 1 aromatic rings. The summed E-state index contributed by atoms with van der Waals surface area (Å²) in [6.45, 7) is 0.940. The van der Waals surface area contributed by atoms with Gasteiger partial charge in [0, 0.05) is 32.2 Å². The normalized spacial score (nSPS) is 36.9. The molecule has 3 heterocycles. The molecule has 132 valence electrons. The molecule has 1 saturated carbocycles. The van der Waals surface area contributed by atoms with Crippen LogP contribution in [-0.4, -0.2) is 39.7 Å². The van der Waals surface area contributed by atoms with E-state index in [-0.39, 0.29) is 23.6 Å². The Morgan fingerprint density at radius 3 is 2.83 bits per heavy atom. The highest BCUT2D eigenvalue weighted by Gasteiger charge is 2.40. The number of carbonyl (C=O) groups is 1. The van der Waals surface area contributed by atoms with Gasteiger partial charge in [-0.2, -0.15) is 0 Å². The maximum atomic E-state index is 11.9. The average molecular weight is 332 g/mol. The molecule has 0 unspecified atom stereocenters. The second-order valence-electron chi connectivity index (χ2n) is 7.70. The number of nitrogens with one attached hydrogen (secondary N) is 2. The third kappa shape index (κ3) is 3.09. The van der Waals surface area contributed by atoms with Crippen LogP contribution < -0.4 is 10.6 Å². The summed E-state index contributed by atoms with van der Waals surface area (Å²) < 4.78 is 8.04. The smallest absolute Gasteiger partial charge is 0.220 e. The van der Waals surface area contributed by atoms with Crippen molar-refractivity contribution in [3.63, 3.8) is 0 Å². The number of hydrogen-bond acceptors (Lipinski definition) is 4. The molecule has 1 amide bonds. The van der Waals surface area contributed by atoms with E-state index in [1.807, 2.05) is 17.8 Å². The summed E-state index contributed by atoms with van der Waals surface area (Å²) in [4.78, 5) is 16.1. The summed E-state index contributed by atoms with van der Waals surface area (Å²) in [7, 11) is 1.99. The standard InChI is InChI=1S/C18H28N4O2/c1-22-12-19-11-15(22)17-14(3-4-16(23)21-17)20-13-5-8-18(9-6-13)7-2-10-24-18/h11-14,17,20H,2-10H2,1H3,(H,21,23)/t13?,14-,17-,18?/m1/s1. The number of imidazole rings is 1. The Hall–Kier alpha value is -1.40. The molecule has 4 rings (SSSR count). The van der Waals surface area contributed by atoms with E-state index in [1.54, 1.807) is 6.33 Å². The van der Waals surface area contributed by atoms with Gasteiger partial charge in [0.05, 0.1) is 29.9 Å². The van der Waals surface area contributed by atoms with Crippen LogP contribution in [0.15, 0.2) is 12.5 Å². The minimum atomic E-state index is 0.0115. The van der Waals surface area contributed by atoms with Gasteiger partial charge in [-0.25, -0.2) is 4.98 Å². The topological polar surface area (TPSA) is 68.2 Å². The van der Waals surface area contributed by atoms with E-state index >= 15 is 0 Å². The van der Waals surface area contributed by atoms with E-state index in [4.69, 9.17) is 4.74 Å². The van der Waals surface area contributed by atoms with Crippen LogP contribution in [0.1, 0.15) is 63.1 Å². The van der Waals surface area contributed by atoms with Crippen molar-refractivity contribution in [2.24, 2.45) is 7.05 Å². The molecule has 2 saturated heterocycles. The molecular weight excluding hydrogens is 304 g/mol. The number of nitrogens with zero attached hydrogens (tertiary/aromatic N) is 2. The number of piperidine rings is 1. The summed E-state index contributed by atoms with van der Waals surface area (Å²) >= 11 is 0. The highest BCUT2D eigenvalue weighted by atomic mass is 16.5. The zero-order valence-electron chi connectivity index (χ0n) is 14.5. The van der Waals surface area contributed by atoms with E-state index in [2.05, 4.69) is 15.6 Å². The fourth-order valence-corrected chi connectivity index (χ4v) is 4.69. The Morgan fingerprint density at radius 1 is 1.33 bits per heavy atom. The van der Waals surface area contributed by atoms with E-state index in [0.29, 0.717) is 12.5 Å². The first kappa shape index (κ1) is 16.1. The Bertz CT molecular complexity index is 584. The van der Waals surface area contributed by atoms with Crippen molar-refractivity contribution < 1.29 is 9.53 Å². The van der Waals surface area contributed by atoms with Crippen LogP contribution in [-0.2, 0) is 16.6 Å². The molecule has 6 heteroatoms. The predicted molar refractivity (Wildman–Crippen MR) is 90.4 cm³/mol. The van der Waals surface area contributed by atoms with Crippen LogP contribution in [0.2, 0.25) is 0 Å². The molecule has 1 spiro atoms. The Labute approximate surface area is 143 Å². The van der Waals surface area contributed by atoms with Crippen LogP contribution in [0.25, 0.3) is 0 Å². The van der Waals surface area contributed by atoms with Crippen molar-refractivity contribution in [3.05, 3.63) is 18.2 Å². The number of aromatic nitrogens is 2. The zero-order chi connectivity index (χ0) is 16.6. The Kier molecular flexibility index (Phi) is 4.35. The van der Waals surface area contributed by atoms with Crippen molar-refractivity contribution >= 4 is 5.91 Å². The lowest BCUT2D eigenvalue weighted by atomic mass is 9.80. The average Bonchev–Trinajstić information content (AvgIpc) is 3.21. The quantitative estimate of drug-likeness (QED) is 0.886. The first-order valence-corrected chi connectivity index (χ1v) is 9.31. The molecular formula is C18H28N4O2. The monoisotopic (exact) mass is 332 g/mol. The number of hydrogen-bond donors (Lipinski definition) is 2. The first-order chi connectivity index (χ1) is 11.7. The van der Waals surface area contributed by atoms with Crippen LogP contribution >= 0.6 is 0 Å².